The summed E-state index contributed by atoms with van der Waals surface area (Å²) >= 11 is 4.28. The topological polar surface area (TPSA) is 25.8 Å². The molecule has 0 bridgehead atoms. The van der Waals surface area contributed by atoms with E-state index in [1.165, 1.54) is 0 Å². The maximum absolute atomic E-state index is 12.5. The molecule has 0 saturated heterocycles. The molecule has 7 heteroatoms. The Kier molecular flexibility index (Phi) is 4.25. The second-order valence-corrected chi connectivity index (χ2v) is 5.65. The first kappa shape index (κ1) is 14.5. The lowest BCUT2D eigenvalue weighted by Gasteiger charge is -2.04. The zero-order chi connectivity index (χ0) is 14.0. The third-order valence-electron chi connectivity index (χ3n) is 2.44. The van der Waals surface area contributed by atoms with E-state index < -0.39 is 11.9 Å². The molecular formula is C12H10BrF3N2S. The molecule has 102 valence electrons. The second kappa shape index (κ2) is 5.58. The molecule has 2 heterocycles. The van der Waals surface area contributed by atoms with Crippen molar-refractivity contribution >= 4 is 27.3 Å². The molecule has 0 aliphatic carbocycles. The van der Waals surface area contributed by atoms with E-state index in [-0.39, 0.29) is 0 Å². The van der Waals surface area contributed by atoms with Crippen molar-refractivity contribution in [1.82, 2.24) is 9.97 Å². The number of thiazole rings is 1. The average molecular weight is 351 g/mol. The number of hydrogen-bond donors (Lipinski definition) is 0. The van der Waals surface area contributed by atoms with Crippen molar-refractivity contribution in [2.45, 2.75) is 25.9 Å². The van der Waals surface area contributed by atoms with Crippen LogP contribution >= 0.6 is 27.3 Å². The molecular weight excluding hydrogens is 341 g/mol. The molecule has 0 fully saturated rings. The summed E-state index contributed by atoms with van der Waals surface area (Å²) in [6.07, 6.45) is -1.08. The Labute approximate surface area is 120 Å². The minimum atomic E-state index is -4.40. The van der Waals surface area contributed by atoms with Gasteiger partial charge in [0.2, 0.25) is 0 Å². The molecule has 0 radical (unpaired) electrons. The van der Waals surface area contributed by atoms with Crippen molar-refractivity contribution in [3.05, 3.63) is 33.5 Å². The van der Waals surface area contributed by atoms with E-state index in [2.05, 4.69) is 25.9 Å². The lowest BCUT2D eigenvalue weighted by Crippen LogP contribution is -2.04. The van der Waals surface area contributed by atoms with E-state index in [1.54, 1.807) is 12.3 Å². The van der Waals surface area contributed by atoms with E-state index in [1.807, 2.05) is 6.92 Å². The summed E-state index contributed by atoms with van der Waals surface area (Å²) < 4.78 is 38.3. The number of aromatic nitrogens is 2. The molecule has 0 N–H and O–H groups in total. The van der Waals surface area contributed by atoms with Crippen LogP contribution in [0.5, 0.6) is 0 Å². The van der Waals surface area contributed by atoms with Gasteiger partial charge in [-0.3, -0.25) is 4.98 Å². The molecule has 0 unspecified atom stereocenters. The predicted molar refractivity (Wildman–Crippen MR) is 72.0 cm³/mol. The maximum Gasteiger partial charge on any atom is 0.434 e. The van der Waals surface area contributed by atoms with E-state index in [4.69, 9.17) is 0 Å². The van der Waals surface area contributed by atoms with Gasteiger partial charge >= 0.3 is 6.18 Å². The zero-order valence-corrected chi connectivity index (χ0v) is 12.4. The second-order valence-electron chi connectivity index (χ2n) is 3.94. The van der Waals surface area contributed by atoms with E-state index in [9.17, 15) is 13.2 Å². The highest BCUT2D eigenvalue weighted by Crippen LogP contribution is 2.36. The van der Waals surface area contributed by atoms with Crippen LogP contribution in [-0.4, -0.2) is 9.97 Å². The number of hydrogen-bond acceptors (Lipinski definition) is 3. The Hall–Kier alpha value is -0.950. The van der Waals surface area contributed by atoms with Gasteiger partial charge in [0.05, 0.1) is 0 Å². The van der Waals surface area contributed by atoms with Crippen molar-refractivity contribution in [2.75, 3.05) is 0 Å². The van der Waals surface area contributed by atoms with Gasteiger partial charge in [-0.2, -0.15) is 13.2 Å². The largest absolute Gasteiger partial charge is 0.434 e. The summed E-state index contributed by atoms with van der Waals surface area (Å²) in [7, 11) is 0. The summed E-state index contributed by atoms with van der Waals surface area (Å²) in [5.41, 5.74) is 0.650. The van der Waals surface area contributed by atoms with Crippen molar-refractivity contribution in [3.8, 4) is 10.6 Å². The van der Waals surface area contributed by atoms with Gasteiger partial charge < -0.3 is 0 Å². The van der Waals surface area contributed by atoms with Crippen molar-refractivity contribution < 1.29 is 13.2 Å². The molecule has 2 rings (SSSR count). The molecule has 0 saturated carbocycles. The number of alkyl halides is 3. The van der Waals surface area contributed by atoms with Crippen LogP contribution < -0.4 is 0 Å². The first-order chi connectivity index (χ1) is 8.91. The molecule has 0 aromatic carbocycles. The smallest absolute Gasteiger partial charge is 0.260 e. The van der Waals surface area contributed by atoms with Crippen LogP contribution in [-0.2, 0) is 12.6 Å². The Bertz CT molecular complexity index is 581. The molecule has 0 aliphatic rings. The lowest BCUT2D eigenvalue weighted by molar-refractivity contribution is -0.140. The number of rotatable bonds is 3. The first-order valence-electron chi connectivity index (χ1n) is 5.59. The highest BCUT2D eigenvalue weighted by Gasteiger charge is 2.34. The summed E-state index contributed by atoms with van der Waals surface area (Å²) in [5, 5.41) is 1.38. The highest BCUT2D eigenvalue weighted by molar-refractivity contribution is 9.10. The van der Waals surface area contributed by atoms with Crippen molar-refractivity contribution in [3.63, 3.8) is 0 Å². The number of pyridine rings is 1. The predicted octanol–water partition coefficient (Wildman–Crippen LogP) is 4.94. The van der Waals surface area contributed by atoms with Crippen molar-refractivity contribution in [2.24, 2.45) is 0 Å². The quantitative estimate of drug-likeness (QED) is 0.783. The van der Waals surface area contributed by atoms with Crippen LogP contribution in [0.4, 0.5) is 13.2 Å². The Morgan fingerprint density at radius 1 is 1.37 bits per heavy atom. The minimum absolute atomic E-state index is 0.346. The zero-order valence-electron chi connectivity index (χ0n) is 9.96. The van der Waals surface area contributed by atoms with Crippen LogP contribution in [0.3, 0.4) is 0 Å². The highest BCUT2D eigenvalue weighted by atomic mass is 79.9. The fourth-order valence-corrected chi connectivity index (χ4v) is 2.96. The fourth-order valence-electron chi connectivity index (χ4n) is 1.57. The fraction of sp³-hybridized carbons (Fsp3) is 0.333. The third-order valence-corrected chi connectivity index (χ3v) is 3.95. The number of nitrogens with zero attached hydrogens (tertiary/aromatic N) is 2. The van der Waals surface area contributed by atoms with Gasteiger partial charge in [-0.25, -0.2) is 4.98 Å². The summed E-state index contributed by atoms with van der Waals surface area (Å²) in [6.45, 7) is 2.02. The van der Waals surface area contributed by atoms with Crippen LogP contribution in [0.15, 0.2) is 22.1 Å². The molecule has 2 aromatic rings. The monoisotopic (exact) mass is 350 g/mol. The Morgan fingerprint density at radius 3 is 2.68 bits per heavy atom. The normalized spacial score (nSPS) is 11.8. The minimum Gasteiger partial charge on any atom is -0.260 e. The molecule has 0 spiro atoms. The maximum atomic E-state index is 12.5. The van der Waals surface area contributed by atoms with E-state index in [0.29, 0.717) is 15.0 Å². The van der Waals surface area contributed by atoms with Gasteiger partial charge in [0.15, 0.2) is 5.69 Å². The lowest BCUT2D eigenvalue weighted by atomic mass is 10.2. The molecule has 0 aliphatic heterocycles. The SMILES string of the molecule is CCCc1cc(-c2nc(C(F)(F)F)cs2)c(Br)cn1. The standard InChI is InChI=1S/C12H10BrF3N2S/c1-2-3-7-4-8(9(13)5-17-7)11-18-10(6-19-11)12(14,15)16/h4-6H,2-3H2,1H3. The molecule has 2 nitrogen and oxygen atoms in total. The van der Waals surface area contributed by atoms with Gasteiger partial charge in [0, 0.05) is 27.3 Å². The first-order valence-corrected chi connectivity index (χ1v) is 7.26. The summed E-state index contributed by atoms with van der Waals surface area (Å²) in [6, 6.07) is 1.78. The molecule has 0 amide bonds. The number of aryl methyl sites for hydroxylation is 1. The Balaban J connectivity index is 2.41. The summed E-state index contributed by atoms with van der Waals surface area (Å²) in [4.78, 5) is 7.87. The Morgan fingerprint density at radius 2 is 2.11 bits per heavy atom. The van der Waals surface area contributed by atoms with Crippen LogP contribution in [0.1, 0.15) is 24.7 Å². The molecule has 0 atom stereocenters. The van der Waals surface area contributed by atoms with Crippen LogP contribution in [0.25, 0.3) is 10.6 Å². The molecule has 19 heavy (non-hydrogen) atoms. The van der Waals surface area contributed by atoms with Gasteiger partial charge in [0.1, 0.15) is 5.01 Å². The van der Waals surface area contributed by atoms with E-state index >= 15 is 0 Å². The van der Waals surface area contributed by atoms with Gasteiger partial charge in [0.25, 0.3) is 0 Å². The van der Waals surface area contributed by atoms with E-state index in [0.717, 1.165) is 35.3 Å². The molecule has 2 aromatic heterocycles. The van der Waals surface area contributed by atoms with Gasteiger partial charge in [-0.1, -0.05) is 13.3 Å². The summed E-state index contributed by atoms with van der Waals surface area (Å²) in [5.74, 6) is 0. The average Bonchev–Trinajstić information content (AvgIpc) is 2.81. The third kappa shape index (κ3) is 3.33. The number of halogens is 4. The van der Waals surface area contributed by atoms with Gasteiger partial charge in [-0.05, 0) is 28.4 Å². The van der Waals surface area contributed by atoms with Gasteiger partial charge in [-0.15, -0.1) is 11.3 Å². The van der Waals surface area contributed by atoms with Crippen LogP contribution in [0, 0.1) is 0 Å². The van der Waals surface area contributed by atoms with Crippen molar-refractivity contribution in [1.29, 1.82) is 0 Å². The van der Waals surface area contributed by atoms with Crippen LogP contribution in [0.2, 0.25) is 0 Å².